The minimum Gasteiger partial charge on any atom is -0.743 e. The summed E-state index contributed by atoms with van der Waals surface area (Å²) in [6, 6.07) is 0. The maximum Gasteiger partial charge on any atom is 0.428 e. The molecule has 0 aromatic carbocycles. The standard InChI is InChI=1S/C23H28F2O9S/c1-22(11-5-9-4-10(7-11)8-12(22)6-9)34-20(27)16-14-3-2-13-15(16)19(26)32-17(13)18(14)33-21(28)23(24,25)35(29,30)31/h9-18H,2-8H2,1H3,(H,29,30,31)/p-1. The minimum absolute atomic E-state index is 0.223. The Morgan fingerprint density at radius 1 is 1.06 bits per heavy atom. The molecule has 8 aliphatic rings. The smallest absolute Gasteiger partial charge is 0.428 e. The number of ether oxygens (including phenoxy) is 3. The maximum atomic E-state index is 13.8. The topological polar surface area (TPSA) is 136 Å². The van der Waals surface area contributed by atoms with Crippen molar-refractivity contribution in [3.8, 4) is 0 Å². The average molecular weight is 518 g/mol. The van der Waals surface area contributed by atoms with E-state index >= 15 is 0 Å². The van der Waals surface area contributed by atoms with Crippen molar-refractivity contribution >= 4 is 28.0 Å². The molecule has 0 N–H and O–H groups in total. The fraction of sp³-hybridized carbons (Fsp3) is 0.870. The minimum atomic E-state index is -6.31. The van der Waals surface area contributed by atoms with Crippen molar-refractivity contribution in [2.24, 2.45) is 47.3 Å². The van der Waals surface area contributed by atoms with Crippen molar-refractivity contribution in [2.45, 2.75) is 74.9 Å². The average Bonchev–Trinajstić information content (AvgIpc) is 3.06. The first-order chi connectivity index (χ1) is 16.3. The molecule has 0 aromatic rings. The molecule has 194 valence electrons. The Balaban J connectivity index is 1.26. The van der Waals surface area contributed by atoms with Crippen molar-refractivity contribution in [3.05, 3.63) is 0 Å². The fourth-order valence-electron chi connectivity index (χ4n) is 8.53. The van der Waals surface area contributed by atoms with E-state index in [1.165, 1.54) is 6.42 Å². The van der Waals surface area contributed by atoms with Gasteiger partial charge < -0.3 is 18.8 Å². The molecule has 12 heteroatoms. The van der Waals surface area contributed by atoms with Gasteiger partial charge in [0.15, 0.2) is 10.1 Å². The van der Waals surface area contributed by atoms with Gasteiger partial charge in [-0.15, -0.1) is 0 Å². The molecule has 8 rings (SSSR count). The molecule has 6 unspecified atom stereocenters. The molecule has 1 aliphatic heterocycles. The van der Waals surface area contributed by atoms with E-state index in [9.17, 15) is 36.1 Å². The Labute approximate surface area is 201 Å². The Kier molecular flexibility index (Phi) is 4.96. The molecule has 6 atom stereocenters. The van der Waals surface area contributed by atoms with E-state index in [0.29, 0.717) is 18.3 Å². The first-order valence-electron chi connectivity index (χ1n) is 12.3. The van der Waals surface area contributed by atoms with Crippen molar-refractivity contribution in [1.29, 1.82) is 0 Å². The van der Waals surface area contributed by atoms with Gasteiger partial charge in [0, 0.05) is 11.8 Å². The number of carbonyl (C=O) groups is 3. The number of halogens is 2. The van der Waals surface area contributed by atoms with Gasteiger partial charge in [-0.3, -0.25) is 9.59 Å². The molecular formula is C23H27F2O9S-. The molecule has 8 bridgehead atoms. The second-order valence-electron chi connectivity index (χ2n) is 11.6. The SMILES string of the molecule is CC1(OC(=O)C2C3CCC4C(OC(=O)C42)C3OC(=O)C(F)(F)S(=O)(=O)[O-])C2CC3CC(C2)CC1C3. The summed E-state index contributed by atoms with van der Waals surface area (Å²) >= 11 is 0. The van der Waals surface area contributed by atoms with Crippen LogP contribution < -0.4 is 0 Å². The van der Waals surface area contributed by atoms with E-state index < -0.39 is 74.8 Å². The van der Waals surface area contributed by atoms with Gasteiger partial charge in [0.1, 0.15) is 17.8 Å². The van der Waals surface area contributed by atoms with Gasteiger partial charge >= 0.3 is 23.2 Å². The molecule has 0 amide bonds. The molecular weight excluding hydrogens is 490 g/mol. The number of carbonyl (C=O) groups excluding carboxylic acids is 3. The number of alkyl halides is 2. The molecule has 0 radical (unpaired) electrons. The normalized spacial score (nSPS) is 47.5. The number of esters is 3. The van der Waals surface area contributed by atoms with Crippen LogP contribution in [0.3, 0.4) is 0 Å². The first-order valence-corrected chi connectivity index (χ1v) is 13.7. The van der Waals surface area contributed by atoms with Gasteiger partial charge in [-0.25, -0.2) is 13.2 Å². The van der Waals surface area contributed by atoms with E-state index in [4.69, 9.17) is 14.2 Å². The van der Waals surface area contributed by atoms with Gasteiger partial charge in [-0.1, -0.05) is 0 Å². The summed E-state index contributed by atoms with van der Waals surface area (Å²) in [4.78, 5) is 38.4. The molecule has 1 heterocycles. The largest absolute Gasteiger partial charge is 0.743 e. The van der Waals surface area contributed by atoms with Crippen LogP contribution in [0.4, 0.5) is 8.78 Å². The third kappa shape index (κ3) is 3.24. The zero-order valence-corrected chi connectivity index (χ0v) is 19.9. The van der Waals surface area contributed by atoms with Gasteiger partial charge in [0.2, 0.25) is 0 Å². The monoisotopic (exact) mass is 517 g/mol. The van der Waals surface area contributed by atoms with E-state index in [2.05, 4.69) is 0 Å². The van der Waals surface area contributed by atoms with Gasteiger partial charge in [0.25, 0.3) is 0 Å². The fourth-order valence-corrected chi connectivity index (χ4v) is 8.78. The molecule has 7 aliphatic carbocycles. The van der Waals surface area contributed by atoms with Crippen molar-refractivity contribution in [1.82, 2.24) is 0 Å². The lowest BCUT2D eigenvalue weighted by molar-refractivity contribution is -0.220. The maximum absolute atomic E-state index is 13.8. The van der Waals surface area contributed by atoms with E-state index in [1.807, 2.05) is 6.92 Å². The number of hydrogen-bond acceptors (Lipinski definition) is 9. The summed E-state index contributed by atoms with van der Waals surface area (Å²) in [5.41, 5.74) is -0.682. The van der Waals surface area contributed by atoms with E-state index in [0.717, 1.165) is 25.7 Å². The van der Waals surface area contributed by atoms with Crippen LogP contribution in [0.1, 0.15) is 51.9 Å². The van der Waals surface area contributed by atoms with Crippen molar-refractivity contribution < 1.29 is 50.3 Å². The highest BCUT2D eigenvalue weighted by molar-refractivity contribution is 7.87. The highest BCUT2D eigenvalue weighted by Crippen LogP contribution is 2.61. The molecule has 0 spiro atoms. The summed E-state index contributed by atoms with van der Waals surface area (Å²) < 4.78 is 76.7. The predicted octanol–water partition coefficient (Wildman–Crippen LogP) is 1.99. The summed E-state index contributed by atoms with van der Waals surface area (Å²) in [5.74, 6) is -5.38. The number of hydrogen-bond donors (Lipinski definition) is 0. The Hall–Kier alpha value is -1.82. The van der Waals surface area contributed by atoms with Crippen LogP contribution in [0.15, 0.2) is 0 Å². The van der Waals surface area contributed by atoms with Crippen LogP contribution in [0.25, 0.3) is 0 Å². The van der Waals surface area contributed by atoms with Crippen molar-refractivity contribution in [3.63, 3.8) is 0 Å². The zero-order valence-electron chi connectivity index (χ0n) is 19.1. The molecule has 1 saturated heterocycles. The van der Waals surface area contributed by atoms with Crippen LogP contribution in [0.2, 0.25) is 0 Å². The molecule has 9 nitrogen and oxygen atoms in total. The van der Waals surface area contributed by atoms with Crippen molar-refractivity contribution in [2.75, 3.05) is 0 Å². The lowest BCUT2D eigenvalue weighted by Crippen LogP contribution is -2.61. The van der Waals surface area contributed by atoms with E-state index in [1.54, 1.807) is 0 Å². The van der Waals surface area contributed by atoms with Crippen LogP contribution in [0.5, 0.6) is 0 Å². The van der Waals surface area contributed by atoms with Crippen LogP contribution in [-0.2, 0) is 38.7 Å². The van der Waals surface area contributed by atoms with E-state index in [-0.39, 0.29) is 18.3 Å². The van der Waals surface area contributed by atoms with Gasteiger partial charge in [-0.05, 0) is 75.5 Å². The predicted molar refractivity (Wildman–Crippen MR) is 109 cm³/mol. The number of fused-ring (bicyclic) bond motifs is 1. The summed E-state index contributed by atoms with van der Waals surface area (Å²) in [7, 11) is -6.31. The van der Waals surface area contributed by atoms with Gasteiger partial charge in [0.05, 0.1) is 11.8 Å². The summed E-state index contributed by atoms with van der Waals surface area (Å²) in [6.07, 6.45) is 3.39. The molecule has 8 fully saturated rings. The second-order valence-corrected chi connectivity index (χ2v) is 13.0. The third-order valence-corrected chi connectivity index (χ3v) is 10.8. The lowest BCUT2D eigenvalue weighted by Gasteiger charge is -2.59. The zero-order chi connectivity index (χ0) is 25.1. The van der Waals surface area contributed by atoms with Crippen LogP contribution in [0, 0.1) is 47.3 Å². The quantitative estimate of drug-likeness (QED) is 0.305. The molecule has 7 saturated carbocycles. The Bertz CT molecular complexity index is 1060. The summed E-state index contributed by atoms with van der Waals surface area (Å²) in [6.45, 7) is 1.95. The Morgan fingerprint density at radius 3 is 2.20 bits per heavy atom. The number of rotatable bonds is 5. The van der Waals surface area contributed by atoms with Crippen LogP contribution in [-0.4, -0.2) is 53.9 Å². The molecule has 0 aromatic heterocycles. The summed E-state index contributed by atoms with van der Waals surface area (Å²) in [5, 5.41) is -5.30. The lowest BCUT2D eigenvalue weighted by atomic mass is 9.50. The third-order valence-electron chi connectivity index (χ3n) is 9.98. The highest BCUT2D eigenvalue weighted by atomic mass is 32.2. The van der Waals surface area contributed by atoms with Gasteiger partial charge in [-0.2, -0.15) is 8.78 Å². The van der Waals surface area contributed by atoms with Crippen LogP contribution >= 0.6 is 0 Å². The molecule has 35 heavy (non-hydrogen) atoms. The first kappa shape index (κ1) is 23.6. The highest BCUT2D eigenvalue weighted by Gasteiger charge is 2.68. The second kappa shape index (κ2) is 7.36. The Morgan fingerprint density at radius 2 is 1.63 bits per heavy atom.